The molecule has 0 radical (unpaired) electrons. The van der Waals surface area contributed by atoms with Crippen LogP contribution in [0.2, 0.25) is 5.02 Å². The Kier molecular flexibility index (Phi) is 7.16. The van der Waals surface area contributed by atoms with E-state index in [4.69, 9.17) is 11.6 Å². The summed E-state index contributed by atoms with van der Waals surface area (Å²) in [6.45, 7) is 4.98. The highest BCUT2D eigenvalue weighted by atomic mass is 35.5. The lowest BCUT2D eigenvalue weighted by Crippen LogP contribution is -2.41. The second-order valence-electron chi connectivity index (χ2n) is 5.36. The summed E-state index contributed by atoms with van der Waals surface area (Å²) in [5, 5.41) is 11.0. The lowest BCUT2D eigenvalue weighted by molar-refractivity contribution is -0.139. The molecule has 0 fully saturated rings. The van der Waals surface area contributed by atoms with Gasteiger partial charge in [-0.1, -0.05) is 41.9 Å². The minimum Gasteiger partial charge on any atom is -0.382 e. The zero-order valence-corrected chi connectivity index (χ0v) is 15.4. The predicted octanol–water partition coefficient (Wildman–Crippen LogP) is 4.40. The molecule has 0 saturated heterocycles. The van der Waals surface area contributed by atoms with Crippen LogP contribution in [0.25, 0.3) is 0 Å². The Balaban J connectivity index is 2.31. The van der Waals surface area contributed by atoms with Gasteiger partial charge in [0, 0.05) is 23.0 Å². The van der Waals surface area contributed by atoms with Crippen molar-refractivity contribution in [1.29, 1.82) is 0 Å². The van der Waals surface area contributed by atoms with Gasteiger partial charge >= 0.3 is 0 Å². The van der Waals surface area contributed by atoms with Gasteiger partial charge in [0.15, 0.2) is 0 Å². The number of benzene rings is 2. The fraction of sp³-hybridized carbons (Fsp3) is 0.316. The second kappa shape index (κ2) is 9.11. The van der Waals surface area contributed by atoms with E-state index in [0.29, 0.717) is 18.1 Å². The average molecular weight is 364 g/mol. The van der Waals surface area contributed by atoms with E-state index in [2.05, 4.69) is 0 Å². The molecular formula is C19H22ClNO2S. The fourth-order valence-electron chi connectivity index (χ4n) is 2.46. The number of carbonyl (C=O) groups is 1. The van der Waals surface area contributed by atoms with E-state index in [9.17, 15) is 9.90 Å². The fourth-order valence-corrected chi connectivity index (χ4v) is 3.74. The monoisotopic (exact) mass is 363 g/mol. The lowest BCUT2D eigenvalue weighted by Gasteiger charge is -2.27. The molecule has 128 valence electrons. The van der Waals surface area contributed by atoms with Crippen molar-refractivity contribution in [2.75, 3.05) is 13.1 Å². The van der Waals surface area contributed by atoms with Gasteiger partial charge in [-0.05, 0) is 43.7 Å². The first kappa shape index (κ1) is 18.8. The second-order valence-corrected chi connectivity index (χ2v) is 7.01. The van der Waals surface area contributed by atoms with Crippen molar-refractivity contribution in [2.24, 2.45) is 0 Å². The van der Waals surface area contributed by atoms with Crippen molar-refractivity contribution in [3.05, 3.63) is 65.2 Å². The number of likely N-dealkylation sites (N-methyl/N-ethyl adjacent to an activating group) is 1. The number of thioether (sulfide) groups is 1. The molecule has 2 aromatic rings. The maximum Gasteiger partial charge on any atom is 0.252 e. The van der Waals surface area contributed by atoms with E-state index in [1.54, 1.807) is 17.0 Å². The van der Waals surface area contributed by atoms with Crippen molar-refractivity contribution < 1.29 is 9.90 Å². The molecule has 0 aromatic heterocycles. The summed E-state index contributed by atoms with van der Waals surface area (Å²) in [5.74, 6) is -0.247. The molecule has 3 nitrogen and oxygen atoms in total. The van der Waals surface area contributed by atoms with Gasteiger partial charge in [0.1, 0.15) is 6.10 Å². The van der Waals surface area contributed by atoms with Crippen molar-refractivity contribution in [3.63, 3.8) is 0 Å². The first-order valence-electron chi connectivity index (χ1n) is 8.00. The molecule has 0 aliphatic heterocycles. The average Bonchev–Trinajstić information content (AvgIpc) is 2.62. The number of hydrogen-bond donors (Lipinski definition) is 1. The molecule has 24 heavy (non-hydrogen) atoms. The van der Waals surface area contributed by atoms with E-state index in [-0.39, 0.29) is 5.91 Å². The van der Waals surface area contributed by atoms with Crippen molar-refractivity contribution >= 4 is 29.3 Å². The summed E-state index contributed by atoms with van der Waals surface area (Å²) in [5.41, 5.74) is 0.876. The smallest absolute Gasteiger partial charge is 0.252 e. The highest BCUT2D eigenvalue weighted by Gasteiger charge is 2.31. The third kappa shape index (κ3) is 4.76. The predicted molar refractivity (Wildman–Crippen MR) is 100 cm³/mol. The van der Waals surface area contributed by atoms with Gasteiger partial charge in [0.05, 0.1) is 5.25 Å². The largest absolute Gasteiger partial charge is 0.382 e. The van der Waals surface area contributed by atoms with Gasteiger partial charge in [-0.3, -0.25) is 4.79 Å². The summed E-state index contributed by atoms with van der Waals surface area (Å²) in [6, 6.07) is 17.1. The Bertz CT molecular complexity index is 644. The molecule has 0 saturated carbocycles. The molecule has 1 amide bonds. The minimum absolute atomic E-state index is 0.247. The van der Waals surface area contributed by atoms with Crippen molar-refractivity contribution in [3.8, 4) is 0 Å². The maximum atomic E-state index is 12.6. The highest BCUT2D eigenvalue weighted by Crippen LogP contribution is 2.38. The quantitative estimate of drug-likeness (QED) is 0.741. The minimum atomic E-state index is -1.11. The molecule has 0 spiro atoms. The van der Waals surface area contributed by atoms with Gasteiger partial charge < -0.3 is 10.0 Å². The molecule has 1 N–H and O–H groups in total. The topological polar surface area (TPSA) is 40.5 Å². The van der Waals surface area contributed by atoms with Crippen LogP contribution >= 0.6 is 23.4 Å². The third-order valence-electron chi connectivity index (χ3n) is 3.82. The SMILES string of the molecule is CCN(CC)C(=O)[C@H](O)[C@H](Sc1ccccc1)c1ccc(Cl)cc1. The Hall–Kier alpha value is -1.49. The first-order valence-corrected chi connectivity index (χ1v) is 9.26. The Morgan fingerprint density at radius 3 is 2.21 bits per heavy atom. The molecule has 2 atom stereocenters. The summed E-state index contributed by atoms with van der Waals surface area (Å²) in [7, 11) is 0. The Morgan fingerprint density at radius 1 is 1.08 bits per heavy atom. The first-order chi connectivity index (χ1) is 11.6. The number of hydrogen-bond acceptors (Lipinski definition) is 3. The van der Waals surface area contributed by atoms with Crippen LogP contribution in [0, 0.1) is 0 Å². The molecule has 2 rings (SSSR count). The van der Waals surface area contributed by atoms with E-state index >= 15 is 0 Å². The van der Waals surface area contributed by atoms with Crippen LogP contribution in [0.4, 0.5) is 0 Å². The van der Waals surface area contributed by atoms with E-state index < -0.39 is 11.4 Å². The summed E-state index contributed by atoms with van der Waals surface area (Å²) >= 11 is 7.45. The normalized spacial score (nSPS) is 13.3. The summed E-state index contributed by atoms with van der Waals surface area (Å²) < 4.78 is 0. The van der Waals surface area contributed by atoms with Crippen LogP contribution in [0.5, 0.6) is 0 Å². The number of amides is 1. The van der Waals surface area contributed by atoms with Crippen LogP contribution in [0.1, 0.15) is 24.7 Å². The molecule has 0 heterocycles. The van der Waals surface area contributed by atoms with Gasteiger partial charge in [-0.2, -0.15) is 0 Å². The number of rotatable bonds is 7. The van der Waals surface area contributed by atoms with Crippen molar-refractivity contribution in [2.45, 2.75) is 30.1 Å². The van der Waals surface area contributed by atoms with Gasteiger partial charge in [0.25, 0.3) is 5.91 Å². The standard InChI is InChI=1S/C19H22ClNO2S/c1-3-21(4-2)19(23)17(22)18(14-10-12-15(20)13-11-14)24-16-8-6-5-7-9-16/h5-13,17-18,22H,3-4H2,1-2H3/t17-,18-/m1/s1. The van der Waals surface area contributed by atoms with Crippen LogP contribution < -0.4 is 0 Å². The van der Waals surface area contributed by atoms with Crippen molar-refractivity contribution in [1.82, 2.24) is 4.90 Å². The molecule has 0 unspecified atom stereocenters. The lowest BCUT2D eigenvalue weighted by atomic mass is 10.1. The summed E-state index contributed by atoms with van der Waals surface area (Å²) in [4.78, 5) is 15.3. The molecule has 0 bridgehead atoms. The van der Waals surface area contributed by atoms with E-state index in [1.165, 1.54) is 11.8 Å². The maximum absolute atomic E-state index is 12.6. The molecule has 0 aliphatic rings. The van der Waals surface area contributed by atoms with Gasteiger partial charge in [-0.15, -0.1) is 11.8 Å². The third-order valence-corrected chi connectivity index (χ3v) is 5.40. The number of halogens is 1. The number of aliphatic hydroxyl groups is 1. The van der Waals surface area contributed by atoms with Crippen LogP contribution in [0.15, 0.2) is 59.5 Å². The van der Waals surface area contributed by atoms with Crippen LogP contribution in [0.3, 0.4) is 0 Å². The van der Waals surface area contributed by atoms with Crippen LogP contribution in [-0.4, -0.2) is 35.1 Å². The van der Waals surface area contributed by atoms with Gasteiger partial charge in [-0.25, -0.2) is 0 Å². The Morgan fingerprint density at radius 2 is 1.67 bits per heavy atom. The molecular weight excluding hydrogens is 342 g/mol. The van der Waals surface area contributed by atoms with Gasteiger partial charge in [0.2, 0.25) is 0 Å². The number of aliphatic hydroxyl groups excluding tert-OH is 1. The molecule has 0 aliphatic carbocycles. The highest BCUT2D eigenvalue weighted by molar-refractivity contribution is 7.99. The molecule has 5 heteroatoms. The summed E-state index contributed by atoms with van der Waals surface area (Å²) in [6.07, 6.45) is -1.11. The molecule has 2 aromatic carbocycles. The number of carbonyl (C=O) groups excluding carboxylic acids is 1. The van der Waals surface area contributed by atoms with E-state index in [0.717, 1.165) is 10.5 Å². The van der Waals surface area contributed by atoms with E-state index in [1.807, 2.05) is 56.3 Å². The van der Waals surface area contributed by atoms with Crippen LogP contribution in [-0.2, 0) is 4.79 Å². The zero-order valence-electron chi connectivity index (χ0n) is 13.9. The Labute approximate surface area is 152 Å². The zero-order chi connectivity index (χ0) is 17.5. The number of nitrogens with zero attached hydrogens (tertiary/aromatic N) is 1.